The summed E-state index contributed by atoms with van der Waals surface area (Å²) in [4.78, 5) is 0. The molecule has 2 rings (SSSR count). The minimum atomic E-state index is -3.89. The second kappa shape index (κ2) is 7.67. The van der Waals surface area contributed by atoms with Gasteiger partial charge in [-0.05, 0) is 38.3 Å². The minimum Gasteiger partial charge on any atom is -0.286 e. The van der Waals surface area contributed by atoms with Gasteiger partial charge in [-0.15, -0.1) is 0 Å². The summed E-state index contributed by atoms with van der Waals surface area (Å²) in [6, 6.07) is 0. The molecule has 0 saturated heterocycles. The van der Waals surface area contributed by atoms with Gasteiger partial charge in [-0.3, -0.25) is 4.55 Å². The van der Waals surface area contributed by atoms with Crippen molar-refractivity contribution >= 4 is 15.8 Å². The van der Waals surface area contributed by atoms with E-state index in [0.717, 1.165) is 18.5 Å². The molecule has 1 aliphatic heterocycles. The minimum absolute atomic E-state index is 0.0443. The summed E-state index contributed by atoms with van der Waals surface area (Å²) < 4.78 is 33.0. The fourth-order valence-corrected chi connectivity index (χ4v) is 3.87. The average molecular weight is 363 g/mol. The molecule has 0 saturated carbocycles. The largest absolute Gasteiger partial charge is 0.286 e. The summed E-state index contributed by atoms with van der Waals surface area (Å²) in [5.74, 6) is -0.185. The lowest BCUT2D eigenvalue weighted by Crippen LogP contribution is -2.25. The van der Waals surface area contributed by atoms with Gasteiger partial charge in [-0.2, -0.15) is 13.0 Å². The van der Waals surface area contributed by atoms with Gasteiger partial charge in [0, 0.05) is 25.0 Å². The van der Waals surface area contributed by atoms with Gasteiger partial charge in [0.2, 0.25) is 5.70 Å². The fraction of sp³-hybridized carbons (Fsp3) is 0.450. The molecule has 2 aliphatic rings. The van der Waals surface area contributed by atoms with E-state index >= 15 is 0 Å². The number of unbranched alkanes of at least 4 members (excludes halogenated alkanes) is 1. The number of nitrogens with zero attached hydrogens (tertiary/aromatic N) is 1. The van der Waals surface area contributed by atoms with Gasteiger partial charge in [0.15, 0.2) is 5.71 Å². The first-order chi connectivity index (χ1) is 11.6. The average Bonchev–Trinajstić information content (AvgIpc) is 2.69. The first-order valence-electron chi connectivity index (χ1n) is 8.63. The molecule has 0 fully saturated rings. The van der Waals surface area contributed by atoms with Crippen LogP contribution in [-0.2, 0) is 10.1 Å². The van der Waals surface area contributed by atoms with Crippen LogP contribution in [0.2, 0.25) is 0 Å². The molecular weight excluding hydrogens is 334 g/mol. The predicted octanol–water partition coefficient (Wildman–Crippen LogP) is 4.05. The van der Waals surface area contributed by atoms with E-state index in [2.05, 4.69) is 50.2 Å². The van der Waals surface area contributed by atoms with Gasteiger partial charge in [0.05, 0.1) is 11.2 Å². The molecule has 0 bridgehead atoms. The van der Waals surface area contributed by atoms with Crippen LogP contribution in [0.15, 0.2) is 59.9 Å². The molecule has 1 N–H and O–H groups in total. The standard InChI is InChI=1S/C20H27NO3S/c1-16-10-6-5-7-11-18-19(13-12-16)21(17(2)20(18,3)4)14-8-9-15-25(22,23)24/h5-7,10,12-13H,1,8-9,11,14-15H2,2-4H3/p+1/b7-5-,10-6-,13-12?. The Morgan fingerprint density at radius 3 is 2.60 bits per heavy atom. The van der Waals surface area contributed by atoms with E-state index in [-0.39, 0.29) is 11.2 Å². The van der Waals surface area contributed by atoms with Crippen LogP contribution in [0.25, 0.3) is 0 Å². The van der Waals surface area contributed by atoms with Crippen LogP contribution in [0.3, 0.4) is 0 Å². The van der Waals surface area contributed by atoms with Crippen molar-refractivity contribution < 1.29 is 17.5 Å². The number of hydrogen-bond donors (Lipinski definition) is 1. The second-order valence-electron chi connectivity index (χ2n) is 7.12. The predicted molar refractivity (Wildman–Crippen MR) is 103 cm³/mol. The third kappa shape index (κ3) is 4.89. The molecule has 5 heteroatoms. The van der Waals surface area contributed by atoms with Crippen LogP contribution in [0.5, 0.6) is 0 Å². The van der Waals surface area contributed by atoms with Crippen LogP contribution in [-0.4, -0.2) is 35.6 Å². The summed E-state index contributed by atoms with van der Waals surface area (Å²) >= 11 is 0. The molecule has 136 valence electrons. The smallest absolute Gasteiger partial charge is 0.264 e. The lowest BCUT2D eigenvalue weighted by atomic mass is 9.79. The summed E-state index contributed by atoms with van der Waals surface area (Å²) in [6.45, 7) is 11.4. The van der Waals surface area contributed by atoms with Crippen LogP contribution < -0.4 is 0 Å². The maximum Gasteiger partial charge on any atom is 0.264 e. The number of rotatable bonds is 5. The van der Waals surface area contributed by atoms with Gasteiger partial charge in [-0.25, -0.2) is 0 Å². The van der Waals surface area contributed by atoms with Gasteiger partial charge in [0.1, 0.15) is 6.54 Å². The SMILES string of the molecule is C=C1C=CC2=C(C/C=C\C=C/1)C(C)(C)C(C)=[N+]2CCCCS(=O)(=O)O. The highest BCUT2D eigenvalue weighted by molar-refractivity contribution is 7.85. The highest BCUT2D eigenvalue weighted by atomic mass is 32.2. The van der Waals surface area contributed by atoms with Gasteiger partial charge < -0.3 is 0 Å². The second-order valence-corrected chi connectivity index (χ2v) is 8.69. The highest BCUT2D eigenvalue weighted by Crippen LogP contribution is 2.40. The summed E-state index contributed by atoms with van der Waals surface area (Å²) in [7, 11) is -3.89. The van der Waals surface area contributed by atoms with Crippen LogP contribution >= 0.6 is 0 Å². The molecule has 25 heavy (non-hydrogen) atoms. The van der Waals surface area contributed by atoms with Gasteiger partial charge in [-0.1, -0.05) is 30.9 Å². The van der Waals surface area contributed by atoms with Crippen molar-refractivity contribution in [1.29, 1.82) is 0 Å². The monoisotopic (exact) mass is 362 g/mol. The van der Waals surface area contributed by atoms with Crippen molar-refractivity contribution in [2.45, 2.75) is 40.0 Å². The highest BCUT2D eigenvalue weighted by Gasteiger charge is 2.43. The van der Waals surface area contributed by atoms with Gasteiger partial charge >= 0.3 is 0 Å². The molecule has 1 aliphatic carbocycles. The van der Waals surface area contributed by atoms with Crippen molar-refractivity contribution in [1.82, 2.24) is 0 Å². The lowest BCUT2D eigenvalue weighted by Gasteiger charge is -2.18. The molecule has 0 spiro atoms. The van der Waals surface area contributed by atoms with E-state index in [4.69, 9.17) is 4.55 Å². The van der Waals surface area contributed by atoms with Gasteiger partial charge in [0.25, 0.3) is 10.1 Å². The quantitative estimate of drug-likeness (QED) is 0.456. The molecule has 0 aromatic carbocycles. The normalized spacial score (nSPS) is 23.0. The third-order valence-corrected chi connectivity index (χ3v) is 5.84. The van der Waals surface area contributed by atoms with Crippen molar-refractivity contribution in [3.8, 4) is 0 Å². The fourth-order valence-electron chi connectivity index (χ4n) is 3.30. The molecule has 0 aromatic heterocycles. The van der Waals surface area contributed by atoms with E-state index < -0.39 is 10.1 Å². The Balaban J connectivity index is 2.29. The maximum atomic E-state index is 10.9. The molecule has 0 atom stereocenters. The van der Waals surface area contributed by atoms with E-state index in [1.54, 1.807) is 0 Å². The maximum absolute atomic E-state index is 10.9. The Morgan fingerprint density at radius 1 is 1.20 bits per heavy atom. The zero-order chi connectivity index (χ0) is 18.7. The topological polar surface area (TPSA) is 57.4 Å². The Bertz CT molecular complexity index is 806. The molecule has 1 heterocycles. The number of hydrogen-bond acceptors (Lipinski definition) is 2. The first-order valence-corrected chi connectivity index (χ1v) is 10.2. The lowest BCUT2D eigenvalue weighted by molar-refractivity contribution is -0.471. The molecule has 0 unspecified atom stereocenters. The summed E-state index contributed by atoms with van der Waals surface area (Å²) in [6.07, 6.45) is 14.4. The van der Waals surface area contributed by atoms with Crippen molar-refractivity contribution in [2.75, 3.05) is 12.3 Å². The van der Waals surface area contributed by atoms with Crippen molar-refractivity contribution in [2.24, 2.45) is 5.41 Å². The number of allylic oxidation sites excluding steroid dienone is 8. The van der Waals surface area contributed by atoms with Crippen LogP contribution in [0.4, 0.5) is 0 Å². The van der Waals surface area contributed by atoms with E-state index in [9.17, 15) is 8.42 Å². The Labute approximate surface area is 151 Å². The Kier molecular flexibility index (Phi) is 6.01. The molecule has 0 amide bonds. The van der Waals surface area contributed by atoms with Crippen LogP contribution in [0.1, 0.15) is 40.0 Å². The molecular formula is C20H28NO3S+. The van der Waals surface area contributed by atoms with E-state index in [0.29, 0.717) is 12.8 Å². The van der Waals surface area contributed by atoms with Crippen molar-refractivity contribution in [3.63, 3.8) is 0 Å². The zero-order valence-corrected chi connectivity index (χ0v) is 16.1. The third-order valence-electron chi connectivity index (χ3n) is 5.03. The van der Waals surface area contributed by atoms with E-state index in [1.807, 2.05) is 18.2 Å². The molecule has 4 nitrogen and oxygen atoms in total. The first kappa shape index (κ1) is 19.6. The summed E-state index contributed by atoms with van der Waals surface area (Å²) in [5.41, 5.74) is 4.69. The molecule has 0 aromatic rings. The zero-order valence-electron chi connectivity index (χ0n) is 15.3. The van der Waals surface area contributed by atoms with Crippen molar-refractivity contribution in [3.05, 3.63) is 59.9 Å². The Morgan fingerprint density at radius 2 is 1.92 bits per heavy atom. The Hall–Kier alpha value is -1.72. The molecule has 0 radical (unpaired) electrons. The summed E-state index contributed by atoms with van der Waals surface area (Å²) in [5, 5.41) is 0. The van der Waals surface area contributed by atoms with E-state index in [1.165, 1.54) is 17.0 Å². The van der Waals surface area contributed by atoms with Crippen LogP contribution in [0, 0.1) is 5.41 Å².